The summed E-state index contributed by atoms with van der Waals surface area (Å²) < 4.78 is 101. The molecule has 10 heteroatoms. The number of halogens is 4. The van der Waals surface area contributed by atoms with Crippen molar-refractivity contribution in [3.63, 3.8) is 0 Å². The minimum Gasteiger partial charge on any atom is -0.450 e. The maximum absolute atomic E-state index is 15.7. The monoisotopic (exact) mass is 830 g/mol. The van der Waals surface area contributed by atoms with Crippen LogP contribution in [0.25, 0.3) is 0 Å². The van der Waals surface area contributed by atoms with Crippen LogP contribution < -0.4 is 4.74 Å². The number of thiol groups is 1. The predicted molar refractivity (Wildman–Crippen MR) is 221 cm³/mol. The summed E-state index contributed by atoms with van der Waals surface area (Å²) in [6, 6.07) is 34.5. The molecule has 5 aromatic carbocycles. The van der Waals surface area contributed by atoms with Crippen molar-refractivity contribution in [2.24, 2.45) is 0 Å². The minimum atomic E-state index is -5.61. The number of rotatable bonds is 10. The number of ether oxygens (including phenoxy) is 1. The van der Waals surface area contributed by atoms with Crippen LogP contribution in [0.15, 0.2) is 117 Å². The van der Waals surface area contributed by atoms with E-state index in [1.165, 1.54) is 32.2 Å². The third-order valence-electron chi connectivity index (χ3n) is 12.8. The first kappa shape index (κ1) is 40.7. The molecule has 0 aliphatic heterocycles. The Morgan fingerprint density at radius 2 is 0.897 bits per heavy atom. The van der Waals surface area contributed by atoms with Gasteiger partial charge in [0.25, 0.3) is 0 Å². The first-order chi connectivity index (χ1) is 28.1. The van der Waals surface area contributed by atoms with Crippen molar-refractivity contribution in [2.75, 3.05) is 0 Å². The Morgan fingerprint density at radius 3 is 1.38 bits per heavy atom. The average Bonchev–Trinajstić information content (AvgIpc) is 3.26. The molecule has 0 aromatic heterocycles. The quantitative estimate of drug-likeness (QED) is 0.0637. The molecule has 3 saturated carbocycles. The van der Waals surface area contributed by atoms with Crippen molar-refractivity contribution in [2.45, 2.75) is 133 Å². The molecule has 0 saturated heterocycles. The van der Waals surface area contributed by atoms with Gasteiger partial charge in [-0.2, -0.15) is 28.1 Å². The van der Waals surface area contributed by atoms with Gasteiger partial charge in [-0.05, 0) is 148 Å². The maximum atomic E-state index is 15.7. The Hall–Kier alpha value is -4.12. The van der Waals surface area contributed by atoms with Crippen LogP contribution in [0.5, 0.6) is 11.5 Å². The predicted octanol–water partition coefficient (Wildman–Crippen LogP) is 14.3. The highest BCUT2D eigenvalue weighted by molar-refractivity contribution is 8.17. The van der Waals surface area contributed by atoms with E-state index < -0.39 is 54.9 Å². The van der Waals surface area contributed by atoms with Gasteiger partial charge in [0.2, 0.25) is 17.4 Å². The normalized spacial score (nSPS) is 19.8. The molecular weight excluding hydrogens is 781 g/mol. The van der Waals surface area contributed by atoms with Crippen LogP contribution in [0.1, 0.15) is 136 Å². The first-order valence-electron chi connectivity index (χ1n) is 20.8. The van der Waals surface area contributed by atoms with E-state index in [0.717, 1.165) is 94.6 Å². The molecule has 0 radical (unpaired) electrons. The Morgan fingerprint density at radius 1 is 0.483 bits per heavy atom. The highest BCUT2D eigenvalue weighted by atomic mass is 32.2. The average molecular weight is 831 g/mol. The van der Waals surface area contributed by atoms with Gasteiger partial charge in [-0.1, -0.05) is 99.2 Å². The van der Waals surface area contributed by atoms with Gasteiger partial charge in [-0.3, -0.25) is 4.55 Å². The van der Waals surface area contributed by atoms with Crippen molar-refractivity contribution in [3.8, 4) is 11.5 Å². The lowest BCUT2D eigenvalue weighted by atomic mass is 9.73. The van der Waals surface area contributed by atoms with E-state index in [4.69, 9.17) is 4.74 Å². The lowest BCUT2D eigenvalue weighted by Crippen LogP contribution is -2.17. The SMILES string of the molecule is O=S(=O)(O)c1c(F)c(F)c(Oc2c(C3CCCCC3)cc(C3CCCCC3)cc2C2CCC(c3ccc([SH](c4ccccc4)c4ccccc4)cc3)CC2)c(F)c1F. The zero-order valence-corrected chi connectivity index (χ0v) is 34.2. The number of hydrogen-bond donors (Lipinski definition) is 2. The molecular formula is C48H50F4O4S2. The smallest absolute Gasteiger partial charge is 0.300 e. The highest BCUT2D eigenvalue weighted by Crippen LogP contribution is 2.53. The molecule has 4 nitrogen and oxygen atoms in total. The molecule has 0 bridgehead atoms. The second-order valence-corrected chi connectivity index (χ2v) is 19.9. The zero-order chi connectivity index (χ0) is 40.4. The van der Waals surface area contributed by atoms with Gasteiger partial charge >= 0.3 is 10.1 Å². The van der Waals surface area contributed by atoms with Crippen LogP contribution in [0.4, 0.5) is 17.6 Å². The molecule has 58 heavy (non-hydrogen) atoms. The summed E-state index contributed by atoms with van der Waals surface area (Å²) in [7, 11) is -6.34. The summed E-state index contributed by atoms with van der Waals surface area (Å²) in [6.45, 7) is 0. The van der Waals surface area contributed by atoms with E-state index in [1.54, 1.807) is 0 Å². The standard InChI is InChI=1S/C48H50F4O4S2/c49-42-44(51)48(58(53,54)55)45(52)43(50)47(42)56-46-40(34-15-7-2-8-16-34)29-36(31-13-5-1-6-14-31)30-41(46)35-23-21-32(22-24-35)33-25-27-39(28-26-33)57(37-17-9-3-10-18-37)38-19-11-4-12-20-38/h3-4,9-12,17-20,25-32,34-35,57H,1-2,5-8,13-16,21-24H2,(H,53,54,55). The van der Waals surface area contributed by atoms with E-state index in [0.29, 0.717) is 11.8 Å². The van der Waals surface area contributed by atoms with Crippen LogP contribution in [-0.4, -0.2) is 13.0 Å². The first-order valence-corrected chi connectivity index (χ1v) is 23.6. The van der Waals surface area contributed by atoms with Crippen LogP contribution in [-0.2, 0) is 10.1 Å². The Kier molecular flexibility index (Phi) is 12.3. The molecule has 1 N–H and O–H groups in total. The Labute approximate surface area is 342 Å². The molecule has 3 aliphatic rings. The summed E-state index contributed by atoms with van der Waals surface area (Å²) >= 11 is 0. The highest BCUT2D eigenvalue weighted by Gasteiger charge is 2.36. The number of benzene rings is 5. The fourth-order valence-corrected chi connectivity index (χ4v) is 12.7. The molecule has 0 unspecified atom stereocenters. The second-order valence-electron chi connectivity index (χ2n) is 16.3. The fourth-order valence-electron chi connectivity index (χ4n) is 9.75. The number of hydrogen-bond acceptors (Lipinski definition) is 3. The molecule has 0 amide bonds. The summed E-state index contributed by atoms with van der Waals surface area (Å²) in [6.07, 6.45) is 13.5. The minimum absolute atomic E-state index is 0.0241. The van der Waals surface area contributed by atoms with E-state index in [1.807, 2.05) is 12.1 Å². The van der Waals surface area contributed by atoms with Crippen molar-refractivity contribution in [1.82, 2.24) is 0 Å². The van der Waals surface area contributed by atoms with E-state index in [9.17, 15) is 13.0 Å². The molecule has 3 fully saturated rings. The van der Waals surface area contributed by atoms with Gasteiger partial charge in [0.1, 0.15) is 5.75 Å². The van der Waals surface area contributed by atoms with E-state index in [2.05, 4.69) is 84.9 Å². The van der Waals surface area contributed by atoms with Crippen LogP contribution >= 0.6 is 10.9 Å². The molecule has 0 heterocycles. The van der Waals surface area contributed by atoms with E-state index in [-0.39, 0.29) is 17.6 Å². The van der Waals surface area contributed by atoms with Crippen LogP contribution in [0.3, 0.4) is 0 Å². The lowest BCUT2D eigenvalue weighted by Gasteiger charge is -2.34. The molecule has 0 spiro atoms. The summed E-state index contributed by atoms with van der Waals surface area (Å²) in [5, 5.41) is 0. The van der Waals surface area contributed by atoms with Crippen molar-refractivity contribution < 1.29 is 35.3 Å². The van der Waals surface area contributed by atoms with Gasteiger partial charge < -0.3 is 4.74 Å². The van der Waals surface area contributed by atoms with Crippen LogP contribution in [0.2, 0.25) is 0 Å². The van der Waals surface area contributed by atoms with Gasteiger partial charge in [0.15, 0.2) is 16.5 Å². The Balaban J connectivity index is 1.14. The lowest BCUT2D eigenvalue weighted by molar-refractivity contribution is 0.332. The third-order valence-corrected chi connectivity index (χ3v) is 16.1. The topological polar surface area (TPSA) is 63.6 Å². The van der Waals surface area contributed by atoms with Gasteiger partial charge in [0.05, 0.1) is 0 Å². The van der Waals surface area contributed by atoms with E-state index >= 15 is 17.6 Å². The summed E-state index contributed by atoms with van der Waals surface area (Å²) in [4.78, 5) is 1.78. The van der Waals surface area contributed by atoms with Crippen molar-refractivity contribution >= 4 is 21.0 Å². The Bertz CT molecular complexity index is 2250. The maximum Gasteiger partial charge on any atom is 0.300 e. The third kappa shape index (κ3) is 8.48. The molecule has 8 rings (SSSR count). The van der Waals surface area contributed by atoms with Crippen LogP contribution in [0, 0.1) is 23.3 Å². The molecule has 3 aliphatic carbocycles. The fraction of sp³-hybridized carbons (Fsp3) is 0.375. The molecule has 5 aromatic rings. The summed E-state index contributed by atoms with van der Waals surface area (Å²) in [5.74, 6) is -8.96. The zero-order valence-electron chi connectivity index (χ0n) is 32.5. The largest absolute Gasteiger partial charge is 0.450 e. The molecule has 0 atom stereocenters. The molecule has 306 valence electrons. The van der Waals surface area contributed by atoms with Gasteiger partial charge in [-0.15, -0.1) is 0 Å². The van der Waals surface area contributed by atoms with Gasteiger partial charge in [0, 0.05) is 0 Å². The second kappa shape index (κ2) is 17.6. The van der Waals surface area contributed by atoms with Crippen molar-refractivity contribution in [3.05, 3.63) is 143 Å². The van der Waals surface area contributed by atoms with Gasteiger partial charge in [-0.25, -0.2) is 8.78 Å². The summed E-state index contributed by atoms with van der Waals surface area (Å²) in [5.41, 5.74) is 4.02. The van der Waals surface area contributed by atoms with Crippen molar-refractivity contribution in [1.29, 1.82) is 0 Å².